The summed E-state index contributed by atoms with van der Waals surface area (Å²) in [6, 6.07) is 16.4. The van der Waals surface area contributed by atoms with Crippen molar-refractivity contribution >= 4 is 22.6 Å². The van der Waals surface area contributed by atoms with Gasteiger partial charge in [-0.25, -0.2) is 0 Å². The molecule has 0 N–H and O–H groups in total. The van der Waals surface area contributed by atoms with E-state index in [1.807, 2.05) is 24.0 Å². The van der Waals surface area contributed by atoms with Crippen LogP contribution in [0.1, 0.15) is 55.9 Å². The molecule has 146 valence electrons. The van der Waals surface area contributed by atoms with E-state index in [1.165, 1.54) is 48.8 Å². The minimum Gasteiger partial charge on any atom is -0.372 e. The molecule has 3 atom stereocenters. The Bertz CT molecular complexity index is 829. The second-order valence-electron chi connectivity index (χ2n) is 7.98. The standard InChI is InChI=1S/C23H28N4S/c1-2-18-16-28-23-25-21(20-8-4-5-13-24-20)22(27(18)23)17-9-11-19(12-10-17)26-14-6-3-7-15-26/h4-5,8-13,18,21-22H,2-3,6-7,14-16H2,1H3. The molecule has 0 radical (unpaired) electrons. The Kier molecular flexibility index (Phi) is 5.02. The Morgan fingerprint density at radius 2 is 1.86 bits per heavy atom. The number of thioether (sulfide) groups is 1. The van der Waals surface area contributed by atoms with Crippen LogP contribution in [0.25, 0.3) is 0 Å². The Morgan fingerprint density at radius 1 is 1.04 bits per heavy atom. The summed E-state index contributed by atoms with van der Waals surface area (Å²) in [4.78, 5) is 14.9. The normalized spacial score (nSPS) is 27.0. The number of anilines is 1. The molecule has 5 rings (SSSR count). The fraction of sp³-hybridized carbons (Fsp3) is 0.478. The second kappa shape index (κ2) is 7.78. The average Bonchev–Trinajstić information content (AvgIpc) is 3.34. The number of piperidine rings is 1. The van der Waals surface area contributed by atoms with E-state index in [-0.39, 0.29) is 12.1 Å². The van der Waals surface area contributed by atoms with Gasteiger partial charge >= 0.3 is 0 Å². The van der Waals surface area contributed by atoms with E-state index in [9.17, 15) is 0 Å². The molecule has 1 aromatic carbocycles. The lowest BCUT2D eigenvalue weighted by Crippen LogP contribution is -2.35. The van der Waals surface area contributed by atoms with Crippen LogP contribution in [0.5, 0.6) is 0 Å². The monoisotopic (exact) mass is 392 g/mol. The summed E-state index contributed by atoms with van der Waals surface area (Å²) in [7, 11) is 0. The summed E-state index contributed by atoms with van der Waals surface area (Å²) < 4.78 is 0. The molecule has 4 heterocycles. The van der Waals surface area contributed by atoms with E-state index in [4.69, 9.17) is 4.99 Å². The van der Waals surface area contributed by atoms with Crippen LogP contribution < -0.4 is 4.90 Å². The number of rotatable bonds is 4. The van der Waals surface area contributed by atoms with Crippen molar-refractivity contribution in [2.75, 3.05) is 23.7 Å². The van der Waals surface area contributed by atoms with Gasteiger partial charge in [0.1, 0.15) is 6.04 Å². The van der Waals surface area contributed by atoms with E-state index in [2.05, 4.69) is 58.1 Å². The highest BCUT2D eigenvalue weighted by Gasteiger charge is 2.45. The molecule has 4 nitrogen and oxygen atoms in total. The van der Waals surface area contributed by atoms with Gasteiger partial charge in [-0.3, -0.25) is 9.98 Å². The van der Waals surface area contributed by atoms with Gasteiger partial charge in [0.25, 0.3) is 0 Å². The molecule has 28 heavy (non-hydrogen) atoms. The Hall–Kier alpha value is -2.01. The molecule has 3 unspecified atom stereocenters. The van der Waals surface area contributed by atoms with Crippen LogP contribution in [0.15, 0.2) is 53.7 Å². The smallest absolute Gasteiger partial charge is 0.160 e. The number of nitrogens with zero attached hydrogens (tertiary/aromatic N) is 4. The molecule has 3 aliphatic rings. The van der Waals surface area contributed by atoms with Crippen LogP contribution in [-0.4, -0.2) is 39.9 Å². The molecule has 5 heteroatoms. The van der Waals surface area contributed by atoms with E-state index in [0.717, 1.165) is 17.9 Å². The molecule has 0 spiro atoms. The summed E-state index contributed by atoms with van der Waals surface area (Å²) in [6.45, 7) is 4.67. The molecule has 2 aromatic rings. The topological polar surface area (TPSA) is 31.7 Å². The first kappa shape index (κ1) is 18.0. The van der Waals surface area contributed by atoms with Gasteiger partial charge in [0, 0.05) is 36.8 Å². The predicted octanol–water partition coefficient (Wildman–Crippen LogP) is 5.05. The molecule has 0 saturated carbocycles. The van der Waals surface area contributed by atoms with Crippen LogP contribution in [0.3, 0.4) is 0 Å². The third-order valence-corrected chi connectivity index (χ3v) is 7.41. The van der Waals surface area contributed by atoms with Gasteiger partial charge in [-0.1, -0.05) is 36.9 Å². The first-order valence-corrected chi connectivity index (χ1v) is 11.6. The summed E-state index contributed by atoms with van der Waals surface area (Å²) in [5.74, 6) is 1.15. The summed E-state index contributed by atoms with van der Waals surface area (Å²) in [6.07, 6.45) is 7.04. The number of amidine groups is 1. The first-order valence-electron chi connectivity index (χ1n) is 10.6. The van der Waals surface area contributed by atoms with Crippen molar-refractivity contribution in [3.8, 4) is 0 Å². The number of hydrogen-bond donors (Lipinski definition) is 0. The summed E-state index contributed by atoms with van der Waals surface area (Å²) in [5, 5.41) is 1.20. The van der Waals surface area contributed by atoms with Crippen LogP contribution in [0.4, 0.5) is 5.69 Å². The maximum Gasteiger partial charge on any atom is 0.160 e. The van der Waals surface area contributed by atoms with Gasteiger partial charge in [-0.2, -0.15) is 0 Å². The molecule has 2 saturated heterocycles. The van der Waals surface area contributed by atoms with Crippen molar-refractivity contribution in [2.45, 2.75) is 50.7 Å². The van der Waals surface area contributed by atoms with E-state index in [1.54, 1.807) is 0 Å². The summed E-state index contributed by atoms with van der Waals surface area (Å²) >= 11 is 1.91. The van der Waals surface area contributed by atoms with Gasteiger partial charge in [-0.05, 0) is 55.5 Å². The second-order valence-corrected chi connectivity index (χ2v) is 8.96. The lowest BCUT2D eigenvalue weighted by molar-refractivity contribution is 0.255. The van der Waals surface area contributed by atoms with Gasteiger partial charge in [0.2, 0.25) is 0 Å². The Labute approximate surface area is 172 Å². The highest BCUT2D eigenvalue weighted by molar-refractivity contribution is 8.14. The number of benzene rings is 1. The van der Waals surface area contributed by atoms with Crippen molar-refractivity contribution in [3.05, 3.63) is 59.9 Å². The first-order chi connectivity index (χ1) is 13.8. The molecule has 3 aliphatic heterocycles. The Balaban J connectivity index is 1.48. The Morgan fingerprint density at radius 3 is 2.57 bits per heavy atom. The fourth-order valence-corrected chi connectivity index (χ4v) is 6.08. The third-order valence-electron chi connectivity index (χ3n) is 6.29. The van der Waals surface area contributed by atoms with Gasteiger partial charge in [0.15, 0.2) is 5.17 Å². The van der Waals surface area contributed by atoms with Crippen molar-refractivity contribution in [3.63, 3.8) is 0 Å². The maximum atomic E-state index is 5.12. The van der Waals surface area contributed by atoms with Crippen LogP contribution in [-0.2, 0) is 0 Å². The fourth-order valence-electron chi connectivity index (χ4n) is 4.74. The minimum absolute atomic E-state index is 0.0823. The number of fused-ring (bicyclic) bond motifs is 1. The van der Waals surface area contributed by atoms with Crippen molar-refractivity contribution in [2.24, 2.45) is 4.99 Å². The lowest BCUT2D eigenvalue weighted by atomic mass is 9.95. The third kappa shape index (κ3) is 3.20. The van der Waals surface area contributed by atoms with Gasteiger partial charge in [0.05, 0.1) is 11.7 Å². The van der Waals surface area contributed by atoms with Gasteiger partial charge < -0.3 is 9.80 Å². The van der Waals surface area contributed by atoms with Crippen molar-refractivity contribution < 1.29 is 0 Å². The van der Waals surface area contributed by atoms with E-state index < -0.39 is 0 Å². The molecule has 2 fully saturated rings. The van der Waals surface area contributed by atoms with Crippen molar-refractivity contribution in [1.29, 1.82) is 0 Å². The van der Waals surface area contributed by atoms with Crippen LogP contribution >= 0.6 is 11.8 Å². The largest absolute Gasteiger partial charge is 0.372 e. The number of pyridine rings is 1. The lowest BCUT2D eigenvalue weighted by Gasteiger charge is -2.33. The average molecular weight is 393 g/mol. The highest BCUT2D eigenvalue weighted by Crippen LogP contribution is 2.48. The van der Waals surface area contributed by atoms with E-state index in [0.29, 0.717) is 6.04 Å². The van der Waals surface area contributed by atoms with Crippen LogP contribution in [0.2, 0.25) is 0 Å². The van der Waals surface area contributed by atoms with Crippen LogP contribution in [0, 0.1) is 0 Å². The number of hydrogen-bond acceptors (Lipinski definition) is 5. The zero-order valence-corrected chi connectivity index (χ0v) is 17.3. The number of aromatic nitrogens is 1. The van der Waals surface area contributed by atoms with Gasteiger partial charge in [-0.15, -0.1) is 0 Å². The highest BCUT2D eigenvalue weighted by atomic mass is 32.2. The SMILES string of the molecule is CCC1CSC2=NC(c3ccccn3)C(c3ccc(N4CCCCC4)cc3)N21. The molecule has 1 aromatic heterocycles. The van der Waals surface area contributed by atoms with E-state index >= 15 is 0 Å². The summed E-state index contributed by atoms with van der Waals surface area (Å²) in [5.41, 5.74) is 3.79. The maximum absolute atomic E-state index is 5.12. The molecule has 0 aliphatic carbocycles. The zero-order valence-electron chi connectivity index (χ0n) is 16.5. The quantitative estimate of drug-likeness (QED) is 0.729. The molecular weight excluding hydrogens is 364 g/mol. The zero-order chi connectivity index (χ0) is 18.9. The molecule has 0 amide bonds. The molecular formula is C23H28N4S. The predicted molar refractivity (Wildman–Crippen MR) is 118 cm³/mol. The minimum atomic E-state index is 0.0823. The van der Waals surface area contributed by atoms with Crippen molar-refractivity contribution in [1.82, 2.24) is 9.88 Å². The molecule has 0 bridgehead atoms. The number of aliphatic imine (C=N–C) groups is 1.